The number of hydrogen-bond acceptors (Lipinski definition) is 6. The van der Waals surface area contributed by atoms with Crippen LogP contribution in [-0.2, 0) is 4.79 Å². The number of amides is 1. The molecule has 1 amide bonds. The summed E-state index contributed by atoms with van der Waals surface area (Å²) in [6, 6.07) is 10.4. The molecule has 0 spiro atoms. The highest BCUT2D eigenvalue weighted by Crippen LogP contribution is 2.42. The molecule has 1 aliphatic carbocycles. The molecule has 1 fully saturated rings. The summed E-state index contributed by atoms with van der Waals surface area (Å²) in [4.78, 5) is 22.9. The zero-order valence-corrected chi connectivity index (χ0v) is 17.9. The van der Waals surface area contributed by atoms with E-state index in [1.54, 1.807) is 25.1 Å². The quantitative estimate of drug-likeness (QED) is 0.298. The van der Waals surface area contributed by atoms with E-state index in [0.717, 1.165) is 12.8 Å². The van der Waals surface area contributed by atoms with Gasteiger partial charge in [-0.15, -0.1) is 10.2 Å². The second-order valence-electron chi connectivity index (χ2n) is 7.06. The molecule has 0 aliphatic heterocycles. The normalized spacial score (nSPS) is 14.3. The van der Waals surface area contributed by atoms with Gasteiger partial charge in [0.2, 0.25) is 5.91 Å². The summed E-state index contributed by atoms with van der Waals surface area (Å²) in [5, 5.41) is 21.9. The van der Waals surface area contributed by atoms with Gasteiger partial charge in [0, 0.05) is 18.2 Å². The topological polar surface area (TPSA) is 103 Å². The van der Waals surface area contributed by atoms with E-state index in [-0.39, 0.29) is 34.2 Å². The highest BCUT2D eigenvalue weighted by atomic mass is 35.5. The van der Waals surface area contributed by atoms with E-state index in [4.69, 9.17) is 11.6 Å². The molecule has 1 N–H and O–H groups in total. The van der Waals surface area contributed by atoms with Crippen molar-refractivity contribution in [1.82, 2.24) is 14.8 Å². The minimum Gasteiger partial charge on any atom is -0.324 e. The lowest BCUT2D eigenvalue weighted by Crippen LogP contribution is -2.23. The lowest BCUT2D eigenvalue weighted by atomic mass is 10.2. The molecule has 4 rings (SSSR count). The van der Waals surface area contributed by atoms with E-state index in [9.17, 15) is 19.3 Å². The molecule has 3 aromatic rings. The van der Waals surface area contributed by atoms with Gasteiger partial charge in [-0.25, -0.2) is 4.39 Å². The van der Waals surface area contributed by atoms with Gasteiger partial charge in [0.1, 0.15) is 5.82 Å². The Labute approximate surface area is 186 Å². The van der Waals surface area contributed by atoms with E-state index < -0.39 is 10.2 Å². The zero-order valence-electron chi connectivity index (χ0n) is 16.3. The Bertz CT molecular complexity index is 1170. The average molecular weight is 462 g/mol. The summed E-state index contributed by atoms with van der Waals surface area (Å²) >= 11 is 7.26. The fraction of sp³-hybridized carbons (Fsp3) is 0.250. The second kappa shape index (κ2) is 8.64. The number of carbonyl (C=O) groups is 1. The number of halogens is 2. The smallest absolute Gasteiger partial charge is 0.271 e. The number of nitrogens with zero attached hydrogens (tertiary/aromatic N) is 4. The van der Waals surface area contributed by atoms with Crippen LogP contribution in [0.1, 0.15) is 25.8 Å². The highest BCUT2D eigenvalue weighted by Gasteiger charge is 2.32. The zero-order chi connectivity index (χ0) is 22.1. The van der Waals surface area contributed by atoms with Crippen LogP contribution in [-0.4, -0.2) is 30.8 Å². The first-order chi connectivity index (χ1) is 14.8. The van der Waals surface area contributed by atoms with Crippen LogP contribution in [0.3, 0.4) is 0 Å². The Kier molecular flexibility index (Phi) is 5.92. The number of non-ortho nitro benzene ring substituents is 1. The molecule has 0 radical (unpaired) electrons. The number of nitro groups is 1. The van der Waals surface area contributed by atoms with Crippen molar-refractivity contribution in [1.29, 1.82) is 0 Å². The molecule has 31 heavy (non-hydrogen) atoms. The third-order valence-electron chi connectivity index (χ3n) is 4.76. The van der Waals surface area contributed by atoms with Gasteiger partial charge < -0.3 is 5.32 Å². The molecule has 1 heterocycles. The Balaban J connectivity index is 1.52. The lowest BCUT2D eigenvalue weighted by Gasteiger charge is -2.14. The average Bonchev–Trinajstić information content (AvgIpc) is 3.50. The lowest BCUT2D eigenvalue weighted by molar-refractivity contribution is -0.384. The summed E-state index contributed by atoms with van der Waals surface area (Å²) in [6.07, 6.45) is 1.87. The minimum atomic E-state index is -0.568. The number of benzene rings is 2. The van der Waals surface area contributed by atoms with E-state index in [1.165, 1.54) is 36.0 Å². The first-order valence-corrected chi connectivity index (χ1v) is 10.7. The molecule has 2 aromatic carbocycles. The number of anilines is 1. The predicted octanol–water partition coefficient (Wildman–Crippen LogP) is 5.10. The van der Waals surface area contributed by atoms with Crippen LogP contribution < -0.4 is 5.32 Å². The number of carbonyl (C=O) groups excluding carboxylic acids is 1. The Hall–Kier alpha value is -2.98. The van der Waals surface area contributed by atoms with Gasteiger partial charge in [0.05, 0.1) is 26.4 Å². The van der Waals surface area contributed by atoms with Crippen molar-refractivity contribution >= 4 is 40.6 Å². The van der Waals surface area contributed by atoms with Gasteiger partial charge in [-0.3, -0.25) is 19.5 Å². The maximum absolute atomic E-state index is 14.3. The van der Waals surface area contributed by atoms with Crippen molar-refractivity contribution in [3.8, 4) is 11.4 Å². The number of hydrogen-bond donors (Lipinski definition) is 1. The van der Waals surface area contributed by atoms with E-state index in [1.807, 2.05) is 4.57 Å². The maximum Gasteiger partial charge on any atom is 0.271 e. The van der Waals surface area contributed by atoms with Crippen LogP contribution in [0, 0.1) is 15.9 Å². The maximum atomic E-state index is 14.3. The monoisotopic (exact) mass is 461 g/mol. The van der Waals surface area contributed by atoms with Gasteiger partial charge in [-0.1, -0.05) is 35.5 Å². The van der Waals surface area contributed by atoms with Gasteiger partial charge in [0.25, 0.3) is 5.69 Å². The van der Waals surface area contributed by atoms with Crippen molar-refractivity contribution < 1.29 is 14.1 Å². The standard InChI is InChI=1S/C20H17ClFN5O3S/c1-11(19(28)23-17-9-8-13(27(29)30)10-15(17)21)31-20-25-24-18(26(20)12-6-7-12)14-4-2-3-5-16(14)22/h2-5,8-12H,6-7H2,1H3,(H,23,28). The van der Waals surface area contributed by atoms with Gasteiger partial charge in [0.15, 0.2) is 11.0 Å². The number of aromatic nitrogens is 3. The number of nitrogens with one attached hydrogen (secondary N) is 1. The van der Waals surface area contributed by atoms with Crippen molar-refractivity contribution in [2.24, 2.45) is 0 Å². The van der Waals surface area contributed by atoms with Crippen molar-refractivity contribution in [2.75, 3.05) is 5.32 Å². The van der Waals surface area contributed by atoms with E-state index in [2.05, 4.69) is 15.5 Å². The molecule has 1 unspecified atom stereocenters. The molecule has 8 nitrogen and oxygen atoms in total. The Morgan fingerprint density at radius 2 is 2.06 bits per heavy atom. The molecule has 160 valence electrons. The van der Waals surface area contributed by atoms with E-state index in [0.29, 0.717) is 16.5 Å². The first kappa shape index (κ1) is 21.3. The molecule has 1 atom stereocenters. The van der Waals surface area contributed by atoms with Crippen LogP contribution in [0.2, 0.25) is 5.02 Å². The SMILES string of the molecule is CC(Sc1nnc(-c2ccccc2F)n1C1CC1)C(=O)Nc1ccc([N+](=O)[O-])cc1Cl. The van der Waals surface area contributed by atoms with Crippen molar-refractivity contribution in [3.63, 3.8) is 0 Å². The summed E-state index contributed by atoms with van der Waals surface area (Å²) in [7, 11) is 0. The van der Waals surface area contributed by atoms with E-state index >= 15 is 0 Å². The van der Waals surface area contributed by atoms with Gasteiger partial charge in [-0.05, 0) is 38.0 Å². The van der Waals surface area contributed by atoms with Crippen LogP contribution in [0.5, 0.6) is 0 Å². The van der Waals surface area contributed by atoms with Crippen molar-refractivity contribution in [2.45, 2.75) is 36.2 Å². The number of thioether (sulfide) groups is 1. The summed E-state index contributed by atoms with van der Waals surface area (Å²) in [5.41, 5.74) is 0.479. The van der Waals surface area contributed by atoms with Gasteiger partial charge in [-0.2, -0.15) is 0 Å². The molecule has 11 heteroatoms. The van der Waals surface area contributed by atoms with Crippen LogP contribution >= 0.6 is 23.4 Å². The Morgan fingerprint density at radius 1 is 1.32 bits per heavy atom. The molecule has 1 aliphatic rings. The third-order valence-corrected chi connectivity index (χ3v) is 6.13. The molecular weight excluding hydrogens is 445 g/mol. The fourth-order valence-corrected chi connectivity index (χ4v) is 4.15. The second-order valence-corrected chi connectivity index (χ2v) is 8.77. The summed E-state index contributed by atoms with van der Waals surface area (Å²) < 4.78 is 16.2. The molecular formula is C20H17ClFN5O3S. The highest BCUT2D eigenvalue weighted by molar-refractivity contribution is 8.00. The summed E-state index contributed by atoms with van der Waals surface area (Å²) in [6.45, 7) is 1.70. The predicted molar refractivity (Wildman–Crippen MR) is 116 cm³/mol. The molecule has 0 bridgehead atoms. The molecule has 1 aromatic heterocycles. The van der Waals surface area contributed by atoms with Crippen molar-refractivity contribution in [3.05, 3.63) is 63.4 Å². The Morgan fingerprint density at radius 3 is 2.71 bits per heavy atom. The van der Waals surface area contributed by atoms with Crippen LogP contribution in [0.15, 0.2) is 47.6 Å². The summed E-state index contributed by atoms with van der Waals surface area (Å²) in [5.74, 6) is -0.292. The molecule has 0 saturated heterocycles. The third kappa shape index (κ3) is 4.54. The van der Waals surface area contributed by atoms with Crippen LogP contribution in [0.4, 0.5) is 15.8 Å². The fourth-order valence-electron chi connectivity index (χ4n) is 3.01. The number of nitro benzene ring substituents is 1. The first-order valence-electron chi connectivity index (χ1n) is 9.46. The minimum absolute atomic E-state index is 0.0720. The molecule has 1 saturated carbocycles. The van der Waals surface area contributed by atoms with Crippen LogP contribution in [0.25, 0.3) is 11.4 Å². The number of rotatable bonds is 7. The van der Waals surface area contributed by atoms with Gasteiger partial charge >= 0.3 is 0 Å². The largest absolute Gasteiger partial charge is 0.324 e.